The van der Waals surface area contributed by atoms with Crippen molar-refractivity contribution in [3.8, 4) is 6.07 Å². The smallest absolute Gasteiger partial charge is 0.103 e. The molecule has 0 aliphatic heterocycles. The third-order valence-electron chi connectivity index (χ3n) is 3.51. The fourth-order valence-electron chi connectivity index (χ4n) is 2.36. The topological polar surface area (TPSA) is 39.1 Å². The van der Waals surface area contributed by atoms with E-state index in [4.69, 9.17) is 0 Å². The molecule has 0 aromatic heterocycles. The Morgan fingerprint density at radius 3 is 2.63 bits per heavy atom. The van der Waals surface area contributed by atoms with Gasteiger partial charge in [-0.3, -0.25) is 5.32 Å². The molecule has 1 unspecified atom stereocenters. The molecule has 1 aromatic rings. The minimum Gasteiger partial charge on any atom is -0.374 e. The highest BCUT2D eigenvalue weighted by Crippen LogP contribution is 2.19. The zero-order valence-corrected chi connectivity index (χ0v) is 12.5. The van der Waals surface area contributed by atoms with Crippen LogP contribution in [0.3, 0.4) is 0 Å². The van der Waals surface area contributed by atoms with Crippen molar-refractivity contribution in [3.05, 3.63) is 29.8 Å². The van der Waals surface area contributed by atoms with Crippen molar-refractivity contribution in [2.24, 2.45) is 0 Å². The fraction of sp³-hybridized carbons (Fsp3) is 0.562. The van der Waals surface area contributed by atoms with Crippen molar-refractivity contribution in [1.29, 1.82) is 5.26 Å². The molecule has 19 heavy (non-hydrogen) atoms. The third kappa shape index (κ3) is 4.57. The van der Waals surface area contributed by atoms with Gasteiger partial charge >= 0.3 is 0 Å². The lowest BCUT2D eigenvalue weighted by Crippen LogP contribution is -2.41. The van der Waals surface area contributed by atoms with E-state index in [0.717, 1.165) is 25.9 Å². The first kappa shape index (κ1) is 15.5. The molecule has 3 nitrogen and oxygen atoms in total. The maximum Gasteiger partial charge on any atom is 0.103 e. The number of aryl methyl sites for hydroxylation is 1. The summed E-state index contributed by atoms with van der Waals surface area (Å²) < 4.78 is 0. The molecular formula is C16H25N3. The molecule has 0 bridgehead atoms. The second-order valence-electron chi connectivity index (χ2n) is 5.29. The van der Waals surface area contributed by atoms with Gasteiger partial charge in [-0.2, -0.15) is 5.26 Å². The van der Waals surface area contributed by atoms with Gasteiger partial charge in [0, 0.05) is 19.3 Å². The van der Waals surface area contributed by atoms with Crippen LogP contribution in [0.5, 0.6) is 0 Å². The minimum absolute atomic E-state index is 0.401. The summed E-state index contributed by atoms with van der Waals surface area (Å²) in [7, 11) is 2.11. The Labute approximate surface area is 117 Å². The van der Waals surface area contributed by atoms with Crippen molar-refractivity contribution in [3.63, 3.8) is 0 Å². The van der Waals surface area contributed by atoms with Crippen molar-refractivity contribution in [2.75, 3.05) is 25.0 Å². The van der Waals surface area contributed by atoms with Crippen LogP contribution < -0.4 is 10.2 Å². The van der Waals surface area contributed by atoms with Crippen LogP contribution in [-0.2, 0) is 0 Å². The molecule has 0 saturated carbocycles. The lowest BCUT2D eigenvalue weighted by molar-refractivity contribution is 0.418. The van der Waals surface area contributed by atoms with Gasteiger partial charge in [-0.05, 0) is 44.9 Å². The normalized spacial score (nSPS) is 13.6. The number of nitrogens with one attached hydrogen (secondary N) is 1. The Hall–Kier alpha value is -1.53. The highest BCUT2D eigenvalue weighted by atomic mass is 15.1. The van der Waals surface area contributed by atoms with Crippen LogP contribution in [0.25, 0.3) is 0 Å². The lowest BCUT2D eigenvalue weighted by atomic mass is 9.97. The van der Waals surface area contributed by atoms with Crippen LogP contribution in [0, 0.1) is 18.3 Å². The molecule has 0 fully saturated rings. The molecule has 0 spiro atoms. The zero-order chi connectivity index (χ0) is 14.3. The largest absolute Gasteiger partial charge is 0.374 e. The number of hydrogen-bond acceptors (Lipinski definition) is 3. The van der Waals surface area contributed by atoms with E-state index in [1.54, 1.807) is 0 Å². The van der Waals surface area contributed by atoms with Gasteiger partial charge < -0.3 is 4.90 Å². The predicted octanol–water partition coefficient (Wildman–Crippen LogP) is 3.10. The van der Waals surface area contributed by atoms with Gasteiger partial charge in [0.25, 0.3) is 0 Å². The Balaban J connectivity index is 2.50. The van der Waals surface area contributed by atoms with Gasteiger partial charge in [0.2, 0.25) is 0 Å². The number of nitriles is 1. The molecule has 3 heteroatoms. The Morgan fingerprint density at radius 2 is 2.05 bits per heavy atom. The molecule has 0 amide bonds. The van der Waals surface area contributed by atoms with E-state index in [1.165, 1.54) is 11.3 Å². The summed E-state index contributed by atoms with van der Waals surface area (Å²) in [5.74, 6) is 0. The first-order valence-electron chi connectivity index (χ1n) is 6.95. The van der Waals surface area contributed by atoms with E-state index in [1.807, 2.05) is 13.8 Å². The summed E-state index contributed by atoms with van der Waals surface area (Å²) in [6, 6.07) is 10.8. The van der Waals surface area contributed by atoms with E-state index in [-0.39, 0.29) is 0 Å². The molecule has 1 rings (SSSR count). The summed E-state index contributed by atoms with van der Waals surface area (Å²) in [5, 5.41) is 12.5. The molecule has 0 aliphatic rings. The van der Waals surface area contributed by atoms with Gasteiger partial charge in [-0.25, -0.2) is 0 Å². The Kier molecular flexibility index (Phi) is 5.85. The van der Waals surface area contributed by atoms with Crippen LogP contribution in [0.2, 0.25) is 0 Å². The van der Waals surface area contributed by atoms with Crippen LogP contribution >= 0.6 is 0 Å². The molecule has 0 radical (unpaired) electrons. The average Bonchev–Trinajstić information content (AvgIpc) is 2.39. The molecule has 1 aromatic carbocycles. The SMILES string of the molecule is CCNC(C)(C#N)CCCN(C)c1ccccc1C. The Morgan fingerprint density at radius 1 is 1.37 bits per heavy atom. The van der Waals surface area contributed by atoms with Crippen molar-refractivity contribution < 1.29 is 0 Å². The summed E-state index contributed by atoms with van der Waals surface area (Å²) in [5.41, 5.74) is 2.16. The zero-order valence-electron chi connectivity index (χ0n) is 12.5. The van der Waals surface area contributed by atoms with Gasteiger partial charge in [0.05, 0.1) is 6.07 Å². The van der Waals surface area contributed by atoms with Crippen molar-refractivity contribution in [1.82, 2.24) is 5.32 Å². The maximum atomic E-state index is 9.22. The fourth-order valence-corrected chi connectivity index (χ4v) is 2.36. The average molecular weight is 259 g/mol. The number of para-hydroxylation sites is 1. The molecule has 0 aliphatic carbocycles. The molecule has 1 N–H and O–H groups in total. The standard InChI is InChI=1S/C16H25N3/c1-5-18-16(3,13-17)11-8-12-19(4)15-10-7-6-9-14(15)2/h6-7,9-10,18H,5,8,11-12H2,1-4H3. The van der Waals surface area contributed by atoms with Crippen LogP contribution in [0.15, 0.2) is 24.3 Å². The third-order valence-corrected chi connectivity index (χ3v) is 3.51. The molecular weight excluding hydrogens is 234 g/mol. The molecule has 104 valence electrons. The van der Waals surface area contributed by atoms with Gasteiger partial charge in [-0.15, -0.1) is 0 Å². The molecule has 0 saturated heterocycles. The van der Waals surface area contributed by atoms with Crippen molar-refractivity contribution >= 4 is 5.69 Å². The molecule has 1 atom stereocenters. The first-order valence-corrected chi connectivity index (χ1v) is 6.95. The van der Waals surface area contributed by atoms with E-state index < -0.39 is 5.54 Å². The lowest BCUT2D eigenvalue weighted by Gasteiger charge is -2.25. The van der Waals surface area contributed by atoms with Crippen LogP contribution in [0.4, 0.5) is 5.69 Å². The van der Waals surface area contributed by atoms with E-state index in [2.05, 4.69) is 54.5 Å². The summed E-state index contributed by atoms with van der Waals surface area (Å²) in [6.07, 6.45) is 1.87. The van der Waals surface area contributed by atoms with Crippen LogP contribution in [0.1, 0.15) is 32.3 Å². The highest BCUT2D eigenvalue weighted by molar-refractivity contribution is 5.52. The van der Waals surface area contributed by atoms with E-state index >= 15 is 0 Å². The second-order valence-corrected chi connectivity index (χ2v) is 5.29. The number of rotatable bonds is 7. The first-order chi connectivity index (χ1) is 9.02. The molecule has 0 heterocycles. The number of benzene rings is 1. The van der Waals surface area contributed by atoms with Crippen LogP contribution in [-0.4, -0.2) is 25.7 Å². The van der Waals surface area contributed by atoms with E-state index in [0.29, 0.717) is 0 Å². The minimum atomic E-state index is -0.401. The Bertz CT molecular complexity index is 436. The van der Waals surface area contributed by atoms with Crippen molar-refractivity contribution in [2.45, 2.75) is 39.2 Å². The quantitative estimate of drug-likeness (QED) is 0.818. The van der Waals surface area contributed by atoms with Gasteiger partial charge in [-0.1, -0.05) is 25.1 Å². The summed E-state index contributed by atoms with van der Waals surface area (Å²) in [4.78, 5) is 2.26. The highest BCUT2D eigenvalue weighted by Gasteiger charge is 2.21. The maximum absolute atomic E-state index is 9.22. The summed E-state index contributed by atoms with van der Waals surface area (Å²) >= 11 is 0. The number of nitrogens with zero attached hydrogens (tertiary/aromatic N) is 2. The predicted molar refractivity (Wildman–Crippen MR) is 81.4 cm³/mol. The van der Waals surface area contributed by atoms with Gasteiger partial charge in [0.15, 0.2) is 0 Å². The second kappa shape index (κ2) is 7.16. The summed E-state index contributed by atoms with van der Waals surface area (Å²) in [6.45, 7) is 7.94. The van der Waals surface area contributed by atoms with Gasteiger partial charge in [0.1, 0.15) is 5.54 Å². The monoisotopic (exact) mass is 259 g/mol. The number of hydrogen-bond donors (Lipinski definition) is 1. The number of anilines is 1. The van der Waals surface area contributed by atoms with E-state index in [9.17, 15) is 5.26 Å².